The predicted molar refractivity (Wildman–Crippen MR) is 145 cm³/mol. The van der Waals surface area contributed by atoms with Crippen LogP contribution in [0, 0.1) is 0 Å². The molecule has 1 aromatic heterocycles. The van der Waals surface area contributed by atoms with Crippen molar-refractivity contribution in [3.63, 3.8) is 0 Å². The van der Waals surface area contributed by atoms with Gasteiger partial charge in [0.15, 0.2) is 0 Å². The highest BCUT2D eigenvalue weighted by Gasteiger charge is 2.40. The number of benzene rings is 2. The minimum Gasteiger partial charge on any atom is -0.445 e. The Hall–Kier alpha value is -3.82. The van der Waals surface area contributed by atoms with Crippen LogP contribution < -0.4 is 0 Å². The Labute approximate surface area is 236 Å². The van der Waals surface area contributed by atoms with E-state index in [1.165, 1.54) is 12.1 Å². The number of nitrogens with zero attached hydrogens (tertiary/aromatic N) is 4. The molecule has 2 aromatic carbocycles. The number of carbonyl (C=O) groups is 2. The lowest BCUT2D eigenvalue weighted by Gasteiger charge is -2.32. The van der Waals surface area contributed by atoms with E-state index < -0.39 is 11.7 Å². The molecule has 1 atom stereocenters. The van der Waals surface area contributed by atoms with E-state index in [0.717, 1.165) is 30.2 Å². The molecule has 3 fully saturated rings. The standard InChI is InChI=1S/C31H33F3N4O3/c32-31(33,34)27-9-5-4-8-25(27)23-12-15-37(19-23)29(39)26-18-35-38(28(26)22-10-11-22)24-13-16-36(17-14-24)30(40)41-20-21-6-2-1-3-7-21/h1-9,18,22-24H,10-17,19-20H2/t23-/m1/s1. The lowest BCUT2D eigenvalue weighted by atomic mass is 9.93. The molecule has 10 heteroatoms. The van der Waals surface area contributed by atoms with Crippen molar-refractivity contribution < 1.29 is 27.5 Å². The Balaban J connectivity index is 1.11. The average Bonchev–Trinajstić information content (AvgIpc) is 3.53. The first-order valence-corrected chi connectivity index (χ1v) is 14.3. The van der Waals surface area contributed by atoms with Crippen molar-refractivity contribution in [3.8, 4) is 0 Å². The highest BCUT2D eigenvalue weighted by molar-refractivity contribution is 5.95. The highest BCUT2D eigenvalue weighted by atomic mass is 19.4. The molecule has 0 N–H and O–H groups in total. The molecule has 0 radical (unpaired) electrons. The van der Waals surface area contributed by atoms with Crippen molar-refractivity contribution in [2.24, 2.45) is 0 Å². The first-order chi connectivity index (χ1) is 19.8. The molecule has 0 unspecified atom stereocenters. The van der Waals surface area contributed by atoms with Gasteiger partial charge in [-0.3, -0.25) is 9.48 Å². The molecule has 2 aliphatic heterocycles. The minimum absolute atomic E-state index is 0.0651. The summed E-state index contributed by atoms with van der Waals surface area (Å²) in [6, 6.07) is 15.3. The normalized spacial score (nSPS) is 19.9. The van der Waals surface area contributed by atoms with Gasteiger partial charge in [0.1, 0.15) is 6.61 Å². The Kier molecular flexibility index (Phi) is 7.48. The summed E-state index contributed by atoms with van der Waals surface area (Å²) in [5, 5.41) is 4.65. The average molecular weight is 567 g/mol. The van der Waals surface area contributed by atoms with Gasteiger partial charge < -0.3 is 14.5 Å². The number of rotatable bonds is 6. The van der Waals surface area contributed by atoms with Crippen LogP contribution in [0.25, 0.3) is 0 Å². The van der Waals surface area contributed by atoms with E-state index in [4.69, 9.17) is 4.74 Å². The first-order valence-electron chi connectivity index (χ1n) is 14.3. The number of aromatic nitrogens is 2. The van der Waals surface area contributed by atoms with E-state index in [1.54, 1.807) is 22.1 Å². The second-order valence-corrected chi connectivity index (χ2v) is 11.2. The van der Waals surface area contributed by atoms with Crippen LogP contribution >= 0.6 is 0 Å². The first kappa shape index (κ1) is 27.4. The topological polar surface area (TPSA) is 67.7 Å². The van der Waals surface area contributed by atoms with Gasteiger partial charge >= 0.3 is 12.3 Å². The number of ether oxygens (including phenoxy) is 1. The van der Waals surface area contributed by atoms with Crippen LogP contribution in [-0.2, 0) is 17.5 Å². The maximum absolute atomic E-state index is 13.7. The number of amides is 2. The fourth-order valence-corrected chi connectivity index (χ4v) is 6.17. The second kappa shape index (κ2) is 11.2. The van der Waals surface area contributed by atoms with Crippen LogP contribution in [0.15, 0.2) is 60.8 Å². The van der Waals surface area contributed by atoms with Gasteiger partial charge in [-0.25, -0.2) is 4.79 Å². The number of halogens is 3. The molecular weight excluding hydrogens is 533 g/mol. The highest BCUT2D eigenvalue weighted by Crippen LogP contribution is 2.44. The Morgan fingerprint density at radius 3 is 2.24 bits per heavy atom. The molecule has 0 bridgehead atoms. The Morgan fingerprint density at radius 2 is 1.54 bits per heavy atom. The molecule has 3 heterocycles. The van der Waals surface area contributed by atoms with Crippen LogP contribution in [0.1, 0.15) is 82.7 Å². The molecule has 41 heavy (non-hydrogen) atoms. The molecule has 3 aromatic rings. The van der Waals surface area contributed by atoms with E-state index in [1.807, 2.05) is 35.0 Å². The van der Waals surface area contributed by atoms with Crippen LogP contribution in [0.5, 0.6) is 0 Å². The van der Waals surface area contributed by atoms with Crippen molar-refractivity contribution in [1.82, 2.24) is 19.6 Å². The fraction of sp³-hybridized carbons (Fsp3) is 0.452. The smallest absolute Gasteiger partial charge is 0.416 e. The molecular formula is C31H33F3N4O3. The monoisotopic (exact) mass is 566 g/mol. The number of hydrogen-bond donors (Lipinski definition) is 0. The van der Waals surface area contributed by atoms with Crippen LogP contribution in [0.2, 0.25) is 0 Å². The minimum atomic E-state index is -4.43. The zero-order valence-electron chi connectivity index (χ0n) is 22.7. The summed E-state index contributed by atoms with van der Waals surface area (Å²) in [6.45, 7) is 1.98. The predicted octanol–water partition coefficient (Wildman–Crippen LogP) is 6.38. The van der Waals surface area contributed by atoms with Crippen molar-refractivity contribution in [1.29, 1.82) is 0 Å². The maximum Gasteiger partial charge on any atom is 0.416 e. The van der Waals surface area contributed by atoms with Gasteiger partial charge in [-0.2, -0.15) is 18.3 Å². The number of likely N-dealkylation sites (tertiary alicyclic amines) is 2. The van der Waals surface area contributed by atoms with Gasteiger partial charge in [0, 0.05) is 38.0 Å². The van der Waals surface area contributed by atoms with Crippen LogP contribution in [-0.4, -0.2) is 57.8 Å². The molecule has 216 valence electrons. The van der Waals surface area contributed by atoms with Gasteiger partial charge in [0.2, 0.25) is 0 Å². The van der Waals surface area contributed by atoms with E-state index in [-0.39, 0.29) is 48.6 Å². The number of hydrogen-bond acceptors (Lipinski definition) is 4. The molecule has 1 aliphatic carbocycles. The molecule has 3 aliphatic rings. The summed E-state index contributed by atoms with van der Waals surface area (Å²) in [6.07, 6.45) is 0.740. The number of alkyl halides is 3. The summed E-state index contributed by atoms with van der Waals surface area (Å²) in [4.78, 5) is 29.7. The van der Waals surface area contributed by atoms with Gasteiger partial charge in [-0.1, -0.05) is 48.5 Å². The van der Waals surface area contributed by atoms with E-state index in [0.29, 0.717) is 44.5 Å². The summed E-state index contributed by atoms with van der Waals surface area (Å²) >= 11 is 0. The van der Waals surface area contributed by atoms with Gasteiger partial charge in [0.25, 0.3) is 5.91 Å². The second-order valence-electron chi connectivity index (χ2n) is 11.2. The maximum atomic E-state index is 13.7. The van der Waals surface area contributed by atoms with Crippen molar-refractivity contribution in [2.75, 3.05) is 26.2 Å². The largest absolute Gasteiger partial charge is 0.445 e. The van der Waals surface area contributed by atoms with Gasteiger partial charge in [-0.05, 0) is 49.3 Å². The van der Waals surface area contributed by atoms with Crippen molar-refractivity contribution in [3.05, 3.63) is 88.7 Å². The summed E-state index contributed by atoms with van der Waals surface area (Å²) in [7, 11) is 0. The van der Waals surface area contributed by atoms with Crippen molar-refractivity contribution in [2.45, 2.75) is 62.8 Å². The fourth-order valence-electron chi connectivity index (χ4n) is 6.17. The third-order valence-corrected chi connectivity index (χ3v) is 8.48. The summed E-state index contributed by atoms with van der Waals surface area (Å²) in [5.74, 6) is -0.260. The zero-order chi connectivity index (χ0) is 28.6. The van der Waals surface area contributed by atoms with Crippen LogP contribution in [0.4, 0.5) is 18.0 Å². The molecule has 2 amide bonds. The summed E-state index contributed by atoms with van der Waals surface area (Å²) in [5.41, 5.74) is 2.05. The van der Waals surface area contributed by atoms with E-state index in [2.05, 4.69) is 5.10 Å². The molecule has 0 spiro atoms. The Morgan fingerprint density at radius 1 is 0.854 bits per heavy atom. The zero-order valence-corrected chi connectivity index (χ0v) is 22.7. The third-order valence-electron chi connectivity index (χ3n) is 8.48. The van der Waals surface area contributed by atoms with E-state index in [9.17, 15) is 22.8 Å². The van der Waals surface area contributed by atoms with Gasteiger partial charge in [-0.15, -0.1) is 0 Å². The Bertz CT molecular complexity index is 1400. The number of carbonyl (C=O) groups excluding carboxylic acids is 2. The third kappa shape index (κ3) is 5.83. The van der Waals surface area contributed by atoms with E-state index >= 15 is 0 Å². The SMILES string of the molecule is O=C(OCc1ccccc1)N1CCC(n2ncc(C(=O)N3CC[C@@H](c4ccccc4C(F)(F)F)C3)c2C2CC2)CC1. The molecule has 6 rings (SSSR count). The van der Waals surface area contributed by atoms with Crippen LogP contribution in [0.3, 0.4) is 0 Å². The lowest BCUT2D eigenvalue weighted by Crippen LogP contribution is -2.39. The summed E-state index contributed by atoms with van der Waals surface area (Å²) < 4.78 is 48.3. The van der Waals surface area contributed by atoms with Gasteiger partial charge in [0.05, 0.1) is 29.1 Å². The molecule has 2 saturated heterocycles. The van der Waals surface area contributed by atoms with Crippen molar-refractivity contribution >= 4 is 12.0 Å². The molecule has 7 nitrogen and oxygen atoms in total. The number of piperidine rings is 1. The quantitative estimate of drug-likeness (QED) is 0.347. The lowest BCUT2D eigenvalue weighted by molar-refractivity contribution is -0.138. The molecule has 1 saturated carbocycles.